The summed E-state index contributed by atoms with van der Waals surface area (Å²) in [7, 11) is 0. The number of carbonyl (C=O) groups is 1. The number of halogens is 1. The van der Waals surface area contributed by atoms with Crippen LogP contribution in [0, 0.1) is 5.82 Å². The van der Waals surface area contributed by atoms with Crippen LogP contribution in [0.2, 0.25) is 0 Å². The minimum Gasteiger partial charge on any atom is -0.480 e. The fraction of sp³-hybridized carbons (Fsp3) is 0.333. The van der Waals surface area contributed by atoms with E-state index < -0.39 is 11.8 Å². The fourth-order valence-corrected chi connectivity index (χ4v) is 1.70. The van der Waals surface area contributed by atoms with Gasteiger partial charge < -0.3 is 15.7 Å². The molecule has 96 valence electrons. The van der Waals surface area contributed by atoms with Crippen LogP contribution in [-0.2, 0) is 4.79 Å². The quantitative estimate of drug-likeness (QED) is 0.748. The van der Waals surface area contributed by atoms with Crippen molar-refractivity contribution in [3.63, 3.8) is 0 Å². The van der Waals surface area contributed by atoms with E-state index in [1.54, 1.807) is 6.07 Å². The van der Waals surface area contributed by atoms with Crippen LogP contribution in [0.4, 0.5) is 10.1 Å². The number of hydrogen-bond donors (Lipinski definition) is 3. The van der Waals surface area contributed by atoms with Crippen LogP contribution < -0.4 is 10.6 Å². The molecule has 1 aromatic carbocycles. The average Bonchev–Trinajstić information content (AvgIpc) is 2.38. The highest BCUT2D eigenvalue weighted by molar-refractivity contribution is 5.99. The minimum atomic E-state index is -1.03. The van der Waals surface area contributed by atoms with Crippen molar-refractivity contribution < 1.29 is 14.3 Å². The summed E-state index contributed by atoms with van der Waals surface area (Å²) >= 11 is 0. The summed E-state index contributed by atoms with van der Waals surface area (Å²) in [4.78, 5) is 14.7. The zero-order valence-electron chi connectivity index (χ0n) is 9.74. The molecule has 0 amide bonds. The largest absolute Gasteiger partial charge is 0.480 e. The molecule has 0 saturated carbocycles. The van der Waals surface area contributed by atoms with Crippen molar-refractivity contribution in [2.45, 2.75) is 6.42 Å². The third-order valence-electron chi connectivity index (χ3n) is 2.57. The van der Waals surface area contributed by atoms with Gasteiger partial charge in [-0.05, 0) is 24.6 Å². The van der Waals surface area contributed by atoms with Crippen LogP contribution in [0.3, 0.4) is 0 Å². The summed E-state index contributed by atoms with van der Waals surface area (Å²) in [6, 6.07) is 4.58. The van der Waals surface area contributed by atoms with Crippen LogP contribution in [0.1, 0.15) is 12.0 Å². The number of anilines is 1. The van der Waals surface area contributed by atoms with Gasteiger partial charge in [-0.3, -0.25) is 9.79 Å². The van der Waals surface area contributed by atoms with Crippen LogP contribution in [0.25, 0.3) is 0 Å². The Morgan fingerprint density at radius 2 is 2.39 bits per heavy atom. The molecule has 0 unspecified atom stereocenters. The van der Waals surface area contributed by atoms with Crippen molar-refractivity contribution in [3.05, 3.63) is 29.6 Å². The van der Waals surface area contributed by atoms with Crippen LogP contribution in [0.15, 0.2) is 23.2 Å². The summed E-state index contributed by atoms with van der Waals surface area (Å²) in [6.45, 7) is 1.26. The molecule has 1 heterocycles. The first-order chi connectivity index (χ1) is 8.66. The molecule has 0 fully saturated rings. The zero-order chi connectivity index (χ0) is 13.0. The molecule has 0 saturated heterocycles. The van der Waals surface area contributed by atoms with Gasteiger partial charge in [0.05, 0.1) is 5.69 Å². The number of amidine groups is 1. The maximum Gasteiger partial charge on any atom is 0.322 e. The van der Waals surface area contributed by atoms with Crippen molar-refractivity contribution in [1.29, 1.82) is 0 Å². The lowest BCUT2D eigenvalue weighted by molar-refractivity contribution is -0.134. The van der Waals surface area contributed by atoms with Gasteiger partial charge in [-0.15, -0.1) is 0 Å². The van der Waals surface area contributed by atoms with Gasteiger partial charge in [0.15, 0.2) is 0 Å². The number of carboxylic acid groups (broad SMARTS) is 1. The Balaban J connectivity index is 2.13. The molecule has 0 bridgehead atoms. The third-order valence-corrected chi connectivity index (χ3v) is 2.57. The maximum atomic E-state index is 13.7. The molecule has 18 heavy (non-hydrogen) atoms. The highest BCUT2D eigenvalue weighted by Gasteiger charge is 2.10. The Bertz CT molecular complexity index is 488. The Hall–Kier alpha value is -2.11. The standard InChI is InChI=1S/C12H14FN3O2/c13-9-6-8(12-14-4-1-5-15-12)2-3-10(9)16-7-11(17)18/h2-3,6,16H,1,4-5,7H2,(H,14,15)(H,17,18). The van der Waals surface area contributed by atoms with Gasteiger partial charge in [0, 0.05) is 18.7 Å². The maximum absolute atomic E-state index is 13.7. The predicted octanol–water partition coefficient (Wildman–Crippen LogP) is 1.06. The third kappa shape index (κ3) is 2.97. The molecular formula is C12H14FN3O2. The normalized spacial score (nSPS) is 14.6. The van der Waals surface area contributed by atoms with Gasteiger partial charge in [-0.2, -0.15) is 0 Å². The summed E-state index contributed by atoms with van der Waals surface area (Å²) in [5.41, 5.74) is 0.852. The van der Waals surface area contributed by atoms with Gasteiger partial charge >= 0.3 is 5.97 Å². The Kier molecular flexibility index (Phi) is 3.76. The molecule has 2 rings (SSSR count). The van der Waals surface area contributed by atoms with Gasteiger partial charge in [-0.1, -0.05) is 0 Å². The SMILES string of the molecule is O=C(O)CNc1ccc(C2=NCCCN2)cc1F. The fourth-order valence-electron chi connectivity index (χ4n) is 1.70. The second-order valence-electron chi connectivity index (χ2n) is 3.95. The first kappa shape index (κ1) is 12.3. The van der Waals surface area contributed by atoms with E-state index in [0.717, 1.165) is 19.5 Å². The van der Waals surface area contributed by atoms with E-state index in [2.05, 4.69) is 15.6 Å². The van der Waals surface area contributed by atoms with Gasteiger partial charge in [0.1, 0.15) is 18.2 Å². The lowest BCUT2D eigenvalue weighted by atomic mass is 10.1. The van der Waals surface area contributed by atoms with Crippen molar-refractivity contribution >= 4 is 17.5 Å². The lowest BCUT2D eigenvalue weighted by Crippen LogP contribution is -2.30. The Labute approximate surface area is 104 Å². The smallest absolute Gasteiger partial charge is 0.322 e. The van der Waals surface area contributed by atoms with Gasteiger partial charge in [0.2, 0.25) is 0 Å². The second kappa shape index (κ2) is 5.48. The predicted molar refractivity (Wildman–Crippen MR) is 66.5 cm³/mol. The van der Waals surface area contributed by atoms with Crippen molar-refractivity contribution in [2.24, 2.45) is 4.99 Å². The minimum absolute atomic E-state index is 0.178. The number of carboxylic acids is 1. The zero-order valence-corrected chi connectivity index (χ0v) is 9.74. The van der Waals surface area contributed by atoms with E-state index in [0.29, 0.717) is 11.4 Å². The van der Waals surface area contributed by atoms with Gasteiger partial charge in [0.25, 0.3) is 0 Å². The van der Waals surface area contributed by atoms with Crippen molar-refractivity contribution in [3.8, 4) is 0 Å². The Morgan fingerprint density at radius 3 is 3.00 bits per heavy atom. The first-order valence-corrected chi connectivity index (χ1v) is 5.71. The van der Waals surface area contributed by atoms with Crippen molar-refractivity contribution in [1.82, 2.24) is 5.32 Å². The monoisotopic (exact) mass is 251 g/mol. The molecular weight excluding hydrogens is 237 g/mol. The molecule has 5 nitrogen and oxygen atoms in total. The molecule has 0 spiro atoms. The number of nitrogens with zero attached hydrogens (tertiary/aromatic N) is 1. The summed E-state index contributed by atoms with van der Waals surface area (Å²) in [5, 5.41) is 14.1. The van der Waals surface area contributed by atoms with E-state index >= 15 is 0 Å². The molecule has 3 N–H and O–H groups in total. The second-order valence-corrected chi connectivity index (χ2v) is 3.95. The van der Waals surface area contributed by atoms with E-state index in [1.165, 1.54) is 12.1 Å². The highest BCUT2D eigenvalue weighted by atomic mass is 19.1. The van der Waals surface area contributed by atoms with E-state index in [1.807, 2.05) is 0 Å². The van der Waals surface area contributed by atoms with Crippen molar-refractivity contribution in [2.75, 3.05) is 25.0 Å². The number of aliphatic imine (C=N–C) groups is 1. The molecule has 0 aliphatic carbocycles. The van der Waals surface area contributed by atoms with E-state index in [4.69, 9.17) is 5.11 Å². The number of rotatable bonds is 4. The Morgan fingerprint density at radius 1 is 1.56 bits per heavy atom. The first-order valence-electron chi connectivity index (χ1n) is 5.71. The summed E-state index contributed by atoms with van der Waals surface area (Å²) in [5.74, 6) is -0.828. The highest BCUT2D eigenvalue weighted by Crippen LogP contribution is 2.16. The van der Waals surface area contributed by atoms with Crippen LogP contribution in [-0.4, -0.2) is 36.5 Å². The molecule has 0 radical (unpaired) electrons. The molecule has 6 heteroatoms. The number of nitrogens with one attached hydrogen (secondary N) is 2. The lowest BCUT2D eigenvalue weighted by Gasteiger charge is -2.15. The van der Waals surface area contributed by atoms with Crippen LogP contribution in [0.5, 0.6) is 0 Å². The number of hydrogen-bond acceptors (Lipinski definition) is 4. The topological polar surface area (TPSA) is 73.7 Å². The van der Waals surface area contributed by atoms with E-state index in [-0.39, 0.29) is 12.2 Å². The molecule has 1 aliphatic rings. The number of aliphatic carboxylic acids is 1. The molecule has 0 atom stereocenters. The van der Waals surface area contributed by atoms with E-state index in [9.17, 15) is 9.18 Å². The van der Waals surface area contributed by atoms with Crippen LogP contribution >= 0.6 is 0 Å². The molecule has 1 aromatic rings. The van der Waals surface area contributed by atoms with Gasteiger partial charge in [-0.25, -0.2) is 4.39 Å². The average molecular weight is 251 g/mol. The number of benzene rings is 1. The molecule has 1 aliphatic heterocycles. The molecule has 0 aromatic heterocycles. The summed E-state index contributed by atoms with van der Waals surface area (Å²) in [6.07, 6.45) is 0.976. The summed E-state index contributed by atoms with van der Waals surface area (Å²) < 4.78 is 13.7.